The number of carbonyl (C=O) groups is 1. The highest BCUT2D eigenvalue weighted by atomic mass is 16.5. The zero-order valence-corrected chi connectivity index (χ0v) is 11.8. The zero-order chi connectivity index (χ0) is 12.8. The van der Waals surface area contributed by atoms with E-state index >= 15 is 0 Å². The third-order valence-corrected chi connectivity index (χ3v) is 4.89. The lowest BCUT2D eigenvalue weighted by atomic mass is 9.67. The maximum atomic E-state index is 12.6. The van der Waals surface area contributed by atoms with E-state index in [2.05, 4.69) is 20.8 Å². The van der Waals surface area contributed by atoms with Gasteiger partial charge in [-0.15, -0.1) is 0 Å². The van der Waals surface area contributed by atoms with E-state index < -0.39 is 0 Å². The Kier molecular flexibility index (Phi) is 3.37. The Balaban J connectivity index is 2.34. The Morgan fingerprint density at radius 1 is 1.29 bits per heavy atom. The third-order valence-electron chi connectivity index (χ3n) is 4.89. The van der Waals surface area contributed by atoms with Gasteiger partial charge >= 0.3 is 0 Å². The molecule has 4 atom stereocenters. The first-order chi connectivity index (χ1) is 7.91. The van der Waals surface area contributed by atoms with Gasteiger partial charge in [-0.3, -0.25) is 4.79 Å². The van der Waals surface area contributed by atoms with E-state index in [9.17, 15) is 4.79 Å². The first-order valence-electron chi connectivity index (χ1n) is 7.11. The van der Waals surface area contributed by atoms with Crippen molar-refractivity contribution in [2.75, 3.05) is 0 Å². The smallest absolute Gasteiger partial charge is 0.144 e. The van der Waals surface area contributed by atoms with Crippen LogP contribution in [0.5, 0.6) is 0 Å². The molecule has 1 heterocycles. The number of ketones is 1. The number of rotatable bonds is 3. The maximum Gasteiger partial charge on any atom is 0.144 e. The topological polar surface area (TPSA) is 26.3 Å². The van der Waals surface area contributed by atoms with Crippen LogP contribution in [0.2, 0.25) is 0 Å². The van der Waals surface area contributed by atoms with Crippen molar-refractivity contribution in [1.82, 2.24) is 0 Å². The average Bonchev–Trinajstić information content (AvgIpc) is 2.77. The number of carbonyl (C=O) groups excluding carboxylic acids is 1. The highest BCUT2D eigenvalue weighted by molar-refractivity contribution is 5.88. The fourth-order valence-electron chi connectivity index (χ4n) is 4.14. The molecule has 0 unspecified atom stereocenters. The number of Topliss-reactive ketones (excluding diaryl/α,β-unsaturated/α-hetero) is 1. The summed E-state index contributed by atoms with van der Waals surface area (Å²) in [7, 11) is 0. The van der Waals surface area contributed by atoms with Crippen molar-refractivity contribution < 1.29 is 9.53 Å². The molecule has 2 heteroatoms. The van der Waals surface area contributed by atoms with E-state index in [1.165, 1.54) is 12.8 Å². The number of hydrogen-bond donors (Lipinski definition) is 0. The highest BCUT2D eigenvalue weighted by Crippen LogP contribution is 2.57. The van der Waals surface area contributed by atoms with Crippen LogP contribution in [0.3, 0.4) is 0 Å². The van der Waals surface area contributed by atoms with Crippen LogP contribution in [0.4, 0.5) is 0 Å². The Hall–Kier alpha value is -0.370. The summed E-state index contributed by atoms with van der Waals surface area (Å²) in [6.07, 6.45) is 3.80. The molecular formula is C15H26O2. The molecule has 2 fully saturated rings. The lowest BCUT2D eigenvalue weighted by Gasteiger charge is -2.32. The summed E-state index contributed by atoms with van der Waals surface area (Å²) in [4.78, 5) is 12.6. The Morgan fingerprint density at radius 2 is 1.94 bits per heavy atom. The maximum absolute atomic E-state index is 12.6. The number of ether oxygens (including phenoxy) is 1. The van der Waals surface area contributed by atoms with Gasteiger partial charge in [-0.1, -0.05) is 34.1 Å². The van der Waals surface area contributed by atoms with Crippen molar-refractivity contribution in [1.29, 1.82) is 0 Å². The van der Waals surface area contributed by atoms with E-state index in [0.29, 0.717) is 17.6 Å². The summed E-state index contributed by atoms with van der Waals surface area (Å²) in [5.74, 6) is 1.55. The molecule has 17 heavy (non-hydrogen) atoms. The molecule has 2 rings (SSSR count). The van der Waals surface area contributed by atoms with Crippen LogP contribution in [-0.4, -0.2) is 18.0 Å². The third kappa shape index (κ3) is 1.76. The van der Waals surface area contributed by atoms with Crippen LogP contribution in [0.15, 0.2) is 0 Å². The molecule has 1 aliphatic carbocycles. The SMILES string of the molecule is CC(C)C(=O)[C@@]12CCC[C@@H]1[C@@H](C(C)C)O[C@@H]2C. The number of fused-ring (bicyclic) bond motifs is 1. The minimum absolute atomic E-state index is 0.109. The minimum Gasteiger partial charge on any atom is -0.374 e. The van der Waals surface area contributed by atoms with Gasteiger partial charge in [0.05, 0.1) is 17.6 Å². The van der Waals surface area contributed by atoms with Crippen LogP contribution in [-0.2, 0) is 9.53 Å². The van der Waals surface area contributed by atoms with Crippen LogP contribution < -0.4 is 0 Å². The highest BCUT2D eigenvalue weighted by Gasteiger charge is 2.61. The lowest BCUT2D eigenvalue weighted by Crippen LogP contribution is -2.42. The van der Waals surface area contributed by atoms with Gasteiger partial charge in [-0.2, -0.15) is 0 Å². The van der Waals surface area contributed by atoms with Crippen LogP contribution in [0, 0.1) is 23.2 Å². The summed E-state index contributed by atoms with van der Waals surface area (Å²) in [6.45, 7) is 10.6. The Morgan fingerprint density at radius 3 is 2.47 bits per heavy atom. The van der Waals surface area contributed by atoms with Crippen LogP contribution in [0.25, 0.3) is 0 Å². The van der Waals surface area contributed by atoms with E-state index in [4.69, 9.17) is 4.74 Å². The summed E-state index contributed by atoms with van der Waals surface area (Å²) >= 11 is 0. The van der Waals surface area contributed by atoms with E-state index in [0.717, 1.165) is 6.42 Å². The molecule has 0 aromatic carbocycles. The normalized spacial score (nSPS) is 41.2. The van der Waals surface area contributed by atoms with E-state index in [1.807, 2.05) is 13.8 Å². The molecule has 2 aliphatic rings. The molecule has 0 amide bonds. The molecule has 0 spiro atoms. The van der Waals surface area contributed by atoms with Crippen molar-refractivity contribution in [3.05, 3.63) is 0 Å². The zero-order valence-electron chi connectivity index (χ0n) is 11.8. The lowest BCUT2D eigenvalue weighted by molar-refractivity contribution is -0.135. The molecule has 0 N–H and O–H groups in total. The first kappa shape index (κ1) is 13.1. The van der Waals surface area contributed by atoms with Crippen LogP contribution >= 0.6 is 0 Å². The molecule has 0 bridgehead atoms. The quantitative estimate of drug-likeness (QED) is 0.753. The average molecular weight is 238 g/mol. The van der Waals surface area contributed by atoms with Gasteiger partial charge in [0.15, 0.2) is 0 Å². The summed E-state index contributed by atoms with van der Waals surface area (Å²) in [6, 6.07) is 0. The molecular weight excluding hydrogens is 212 g/mol. The largest absolute Gasteiger partial charge is 0.374 e. The fourth-order valence-corrected chi connectivity index (χ4v) is 4.14. The van der Waals surface area contributed by atoms with Crippen molar-refractivity contribution in [2.45, 2.75) is 66.1 Å². The van der Waals surface area contributed by atoms with E-state index in [-0.39, 0.29) is 23.5 Å². The van der Waals surface area contributed by atoms with Crippen molar-refractivity contribution in [3.8, 4) is 0 Å². The van der Waals surface area contributed by atoms with Crippen LogP contribution in [0.1, 0.15) is 53.9 Å². The fraction of sp³-hybridized carbons (Fsp3) is 0.933. The van der Waals surface area contributed by atoms with Gasteiger partial charge in [-0.25, -0.2) is 0 Å². The predicted octanol–water partition coefficient (Wildman–Crippen LogP) is 3.44. The molecule has 98 valence electrons. The van der Waals surface area contributed by atoms with Crippen molar-refractivity contribution in [3.63, 3.8) is 0 Å². The summed E-state index contributed by atoms with van der Waals surface area (Å²) < 4.78 is 6.14. The molecule has 1 saturated carbocycles. The first-order valence-corrected chi connectivity index (χ1v) is 7.11. The second-order valence-corrected chi connectivity index (χ2v) is 6.54. The minimum atomic E-state index is -0.164. The van der Waals surface area contributed by atoms with Gasteiger partial charge in [0.1, 0.15) is 5.78 Å². The predicted molar refractivity (Wildman–Crippen MR) is 68.8 cm³/mol. The van der Waals surface area contributed by atoms with Gasteiger partial charge in [-0.05, 0) is 25.7 Å². The van der Waals surface area contributed by atoms with Gasteiger partial charge in [0.2, 0.25) is 0 Å². The molecule has 0 radical (unpaired) electrons. The molecule has 1 saturated heterocycles. The Bertz CT molecular complexity index is 308. The molecule has 0 aromatic rings. The van der Waals surface area contributed by atoms with Gasteiger partial charge < -0.3 is 4.74 Å². The Labute approximate surface area is 105 Å². The van der Waals surface area contributed by atoms with E-state index in [1.54, 1.807) is 0 Å². The molecule has 2 nitrogen and oxygen atoms in total. The number of hydrogen-bond acceptors (Lipinski definition) is 2. The summed E-state index contributed by atoms with van der Waals surface area (Å²) in [5.41, 5.74) is -0.164. The van der Waals surface area contributed by atoms with Gasteiger partial charge in [0, 0.05) is 11.8 Å². The second-order valence-electron chi connectivity index (χ2n) is 6.54. The monoisotopic (exact) mass is 238 g/mol. The van der Waals surface area contributed by atoms with Gasteiger partial charge in [0.25, 0.3) is 0 Å². The molecule has 1 aliphatic heterocycles. The standard InChI is InChI=1S/C15H26O2/c1-9(2)13-12-7-6-8-15(12,11(5)17-13)14(16)10(3)4/h9-13H,6-8H2,1-5H3/t11-,12-,13-,15-/m1/s1. The molecule has 0 aromatic heterocycles. The second kappa shape index (κ2) is 4.38. The van der Waals surface area contributed by atoms with Crippen molar-refractivity contribution >= 4 is 5.78 Å². The summed E-state index contributed by atoms with van der Waals surface area (Å²) in [5, 5.41) is 0. The van der Waals surface area contributed by atoms with Crippen molar-refractivity contribution in [2.24, 2.45) is 23.2 Å².